The number of rotatable bonds is 4. The van der Waals surface area contributed by atoms with Crippen LogP contribution >= 0.6 is 0 Å². The molecule has 0 saturated carbocycles. The summed E-state index contributed by atoms with van der Waals surface area (Å²) in [6, 6.07) is 7.10. The fraction of sp³-hybridized carbons (Fsp3) is 0.167. The summed E-state index contributed by atoms with van der Waals surface area (Å²) in [4.78, 5) is 33.5. The van der Waals surface area contributed by atoms with Crippen molar-refractivity contribution in [3.8, 4) is 6.07 Å². The molecule has 6 nitrogen and oxygen atoms in total. The monoisotopic (exact) mass is 336 g/mol. The topological polar surface area (TPSA) is 88.6 Å². The van der Waals surface area contributed by atoms with Gasteiger partial charge < -0.3 is 4.57 Å². The third-order valence-electron chi connectivity index (χ3n) is 3.86. The second kappa shape index (κ2) is 6.24. The number of imidazole rings is 1. The van der Waals surface area contributed by atoms with Crippen LogP contribution in [0.4, 0.5) is 4.39 Å². The molecule has 2 aromatic heterocycles. The number of nitrogens with zero attached hydrogens (tertiary/aromatic N) is 4. The molecule has 0 unspecified atom stereocenters. The van der Waals surface area contributed by atoms with Crippen molar-refractivity contribution in [3.63, 3.8) is 0 Å². The summed E-state index contributed by atoms with van der Waals surface area (Å²) in [5, 5.41) is 9.79. The molecule has 7 heteroatoms. The van der Waals surface area contributed by atoms with Crippen LogP contribution in [0.3, 0.4) is 0 Å². The number of fused-ring (bicyclic) bond motifs is 1. The van der Waals surface area contributed by atoms with Gasteiger partial charge in [-0.2, -0.15) is 5.26 Å². The summed E-state index contributed by atoms with van der Waals surface area (Å²) in [5.74, 6) is -3.32. The summed E-state index contributed by atoms with van der Waals surface area (Å²) < 4.78 is 14.9. The first-order valence-electron chi connectivity index (χ1n) is 7.44. The number of Topliss-reactive ketones (excluding diaryl/α,β-unsaturated/α-hetero) is 2. The zero-order valence-corrected chi connectivity index (χ0v) is 13.5. The van der Waals surface area contributed by atoms with E-state index in [1.165, 1.54) is 35.0 Å². The van der Waals surface area contributed by atoms with Gasteiger partial charge in [0.25, 0.3) is 0 Å². The number of ketones is 2. The van der Waals surface area contributed by atoms with Gasteiger partial charge in [0.1, 0.15) is 5.82 Å². The lowest BCUT2D eigenvalue weighted by Gasteiger charge is -2.11. The van der Waals surface area contributed by atoms with E-state index >= 15 is 0 Å². The largest absolute Gasteiger partial charge is 0.332 e. The number of hydrogen-bond donors (Lipinski definition) is 0. The van der Waals surface area contributed by atoms with Crippen molar-refractivity contribution in [1.29, 1.82) is 5.26 Å². The minimum Gasteiger partial charge on any atom is -0.332 e. The van der Waals surface area contributed by atoms with Crippen molar-refractivity contribution >= 4 is 22.5 Å². The van der Waals surface area contributed by atoms with E-state index in [2.05, 4.69) is 9.97 Å². The first kappa shape index (κ1) is 16.5. The van der Waals surface area contributed by atoms with Crippen LogP contribution in [-0.2, 0) is 7.05 Å². The van der Waals surface area contributed by atoms with E-state index in [0.29, 0.717) is 16.6 Å². The molecule has 0 aliphatic carbocycles. The predicted octanol–water partition coefficient (Wildman–Crippen LogP) is 2.62. The van der Waals surface area contributed by atoms with Crippen LogP contribution < -0.4 is 0 Å². The summed E-state index contributed by atoms with van der Waals surface area (Å²) in [6.07, 6.45) is 2.97. The standard InChI is InChI=1S/C18H13FN4O2/c1-10-7-13(12-4-3-11(19)8-15(12)22-10)16(24)14(9-20)17(25)18-21-5-6-23(18)2/h3-8,14H,1-2H3/t14-/m0/s1. The fourth-order valence-electron chi connectivity index (χ4n) is 2.66. The van der Waals surface area contributed by atoms with E-state index in [1.807, 2.05) is 0 Å². The van der Waals surface area contributed by atoms with E-state index in [-0.39, 0.29) is 11.4 Å². The smallest absolute Gasteiger partial charge is 0.223 e. The van der Waals surface area contributed by atoms with Gasteiger partial charge in [-0.05, 0) is 25.1 Å². The van der Waals surface area contributed by atoms with E-state index in [1.54, 1.807) is 26.2 Å². The Morgan fingerprint density at radius 2 is 2.04 bits per heavy atom. The van der Waals surface area contributed by atoms with Gasteiger partial charge in [-0.15, -0.1) is 0 Å². The van der Waals surface area contributed by atoms with Gasteiger partial charge in [-0.25, -0.2) is 9.37 Å². The van der Waals surface area contributed by atoms with Crippen molar-refractivity contribution in [2.24, 2.45) is 13.0 Å². The van der Waals surface area contributed by atoms with Crippen LogP contribution in [0.2, 0.25) is 0 Å². The lowest BCUT2D eigenvalue weighted by atomic mass is 9.92. The first-order chi connectivity index (χ1) is 11.9. The SMILES string of the molecule is Cc1cc(C(=O)[C@H](C#N)C(=O)c2nccn2C)c2ccc(F)cc2n1. The maximum atomic E-state index is 13.4. The zero-order valence-electron chi connectivity index (χ0n) is 13.5. The fourth-order valence-corrected chi connectivity index (χ4v) is 2.66. The molecule has 0 radical (unpaired) electrons. The molecule has 2 heterocycles. The molecule has 1 atom stereocenters. The van der Waals surface area contributed by atoms with Crippen molar-refractivity contribution in [1.82, 2.24) is 14.5 Å². The maximum absolute atomic E-state index is 13.4. The number of carbonyl (C=O) groups is 2. The van der Waals surface area contributed by atoms with Gasteiger partial charge in [-0.3, -0.25) is 14.6 Å². The number of halogens is 1. The molecule has 0 spiro atoms. The van der Waals surface area contributed by atoms with Crippen LogP contribution in [0.15, 0.2) is 36.7 Å². The number of pyridine rings is 1. The first-order valence-corrected chi connectivity index (χ1v) is 7.44. The molecule has 124 valence electrons. The Morgan fingerprint density at radius 1 is 1.28 bits per heavy atom. The van der Waals surface area contributed by atoms with Crippen LogP contribution in [-0.4, -0.2) is 26.1 Å². The summed E-state index contributed by atoms with van der Waals surface area (Å²) in [5.41, 5.74) is 0.948. The lowest BCUT2D eigenvalue weighted by Crippen LogP contribution is -2.25. The van der Waals surface area contributed by atoms with Gasteiger partial charge in [0, 0.05) is 42.2 Å². The normalized spacial score (nSPS) is 11.9. The average Bonchev–Trinajstić information content (AvgIpc) is 3.00. The number of carbonyl (C=O) groups excluding carboxylic acids is 2. The molecule has 0 aliphatic rings. The number of benzene rings is 1. The number of nitriles is 1. The van der Waals surface area contributed by atoms with E-state index in [9.17, 15) is 19.2 Å². The highest BCUT2D eigenvalue weighted by Crippen LogP contribution is 2.23. The summed E-state index contributed by atoms with van der Waals surface area (Å²) >= 11 is 0. The predicted molar refractivity (Wildman–Crippen MR) is 87.4 cm³/mol. The quantitative estimate of drug-likeness (QED) is 0.540. The Hall–Kier alpha value is -3.40. The molecule has 25 heavy (non-hydrogen) atoms. The Bertz CT molecular complexity index is 1040. The Labute approximate surface area is 142 Å². The maximum Gasteiger partial charge on any atom is 0.223 e. The average molecular weight is 336 g/mol. The number of aromatic nitrogens is 3. The molecule has 0 bridgehead atoms. The molecule has 0 saturated heterocycles. The highest BCUT2D eigenvalue weighted by Gasteiger charge is 2.32. The zero-order chi connectivity index (χ0) is 18.1. The van der Waals surface area contributed by atoms with Crippen LogP contribution in [0.5, 0.6) is 0 Å². The second-order valence-corrected chi connectivity index (χ2v) is 5.63. The molecular formula is C18H13FN4O2. The third kappa shape index (κ3) is 2.90. The molecular weight excluding hydrogens is 323 g/mol. The van der Waals surface area contributed by atoms with Crippen LogP contribution in [0.25, 0.3) is 10.9 Å². The Morgan fingerprint density at radius 3 is 2.68 bits per heavy atom. The van der Waals surface area contributed by atoms with Crippen molar-refractivity contribution in [2.75, 3.05) is 0 Å². The van der Waals surface area contributed by atoms with E-state index in [0.717, 1.165) is 0 Å². The van der Waals surface area contributed by atoms with Gasteiger partial charge in [0.05, 0.1) is 11.6 Å². The Balaban J connectivity index is 2.11. The summed E-state index contributed by atoms with van der Waals surface area (Å²) in [6.45, 7) is 1.66. The molecule has 0 N–H and O–H groups in total. The van der Waals surface area contributed by atoms with Crippen molar-refractivity contribution < 1.29 is 14.0 Å². The molecule has 1 aromatic carbocycles. The van der Waals surface area contributed by atoms with Crippen LogP contribution in [0.1, 0.15) is 26.7 Å². The van der Waals surface area contributed by atoms with Crippen molar-refractivity contribution in [3.05, 3.63) is 59.6 Å². The highest BCUT2D eigenvalue weighted by atomic mass is 19.1. The minimum atomic E-state index is -1.53. The third-order valence-corrected chi connectivity index (χ3v) is 3.86. The molecule has 3 rings (SSSR count). The lowest BCUT2D eigenvalue weighted by molar-refractivity contribution is 0.0839. The highest BCUT2D eigenvalue weighted by molar-refractivity contribution is 6.20. The Kier molecular flexibility index (Phi) is 4.11. The van der Waals surface area contributed by atoms with Gasteiger partial charge in [0.15, 0.2) is 17.5 Å². The second-order valence-electron chi connectivity index (χ2n) is 5.63. The van der Waals surface area contributed by atoms with E-state index in [4.69, 9.17) is 0 Å². The molecule has 3 aromatic rings. The molecule has 0 fully saturated rings. The minimum absolute atomic E-state index is 0.0287. The molecule has 0 aliphatic heterocycles. The van der Waals surface area contributed by atoms with Crippen LogP contribution in [0, 0.1) is 30.0 Å². The summed E-state index contributed by atoms with van der Waals surface area (Å²) in [7, 11) is 1.61. The molecule has 0 amide bonds. The van der Waals surface area contributed by atoms with Crippen molar-refractivity contribution in [2.45, 2.75) is 6.92 Å². The van der Waals surface area contributed by atoms with Gasteiger partial charge in [-0.1, -0.05) is 0 Å². The number of hydrogen-bond acceptors (Lipinski definition) is 5. The van der Waals surface area contributed by atoms with Gasteiger partial charge >= 0.3 is 0 Å². The van der Waals surface area contributed by atoms with E-state index < -0.39 is 23.3 Å². The van der Waals surface area contributed by atoms with Gasteiger partial charge in [0.2, 0.25) is 5.78 Å². The number of aryl methyl sites for hydroxylation is 2.